The zero-order valence-electron chi connectivity index (χ0n) is 11.0. The van der Waals surface area contributed by atoms with Crippen LogP contribution in [0.1, 0.15) is 19.8 Å². The first-order valence-corrected chi connectivity index (χ1v) is 6.89. The second-order valence-electron chi connectivity index (χ2n) is 4.33. The Kier molecular flexibility index (Phi) is 6.61. The highest BCUT2D eigenvalue weighted by Crippen LogP contribution is 2.25. The van der Waals surface area contributed by atoms with Gasteiger partial charge in [0.1, 0.15) is 0 Å². The van der Waals surface area contributed by atoms with E-state index in [2.05, 4.69) is 10.6 Å². The highest BCUT2D eigenvalue weighted by atomic mass is 35.5. The summed E-state index contributed by atoms with van der Waals surface area (Å²) in [4.78, 5) is 22.3. The van der Waals surface area contributed by atoms with E-state index in [1.165, 1.54) is 6.07 Å². The quantitative estimate of drug-likeness (QED) is 0.749. The number of amides is 2. The van der Waals surface area contributed by atoms with Crippen molar-refractivity contribution in [1.29, 1.82) is 0 Å². The van der Waals surface area contributed by atoms with Crippen molar-refractivity contribution in [3.8, 4) is 0 Å². The summed E-state index contributed by atoms with van der Waals surface area (Å²) in [5.74, 6) is -0.981. The lowest BCUT2D eigenvalue weighted by molar-refractivity contribution is -0.138. The van der Waals surface area contributed by atoms with Crippen LogP contribution in [0.3, 0.4) is 0 Å². The third-order valence-corrected chi connectivity index (χ3v) is 3.33. The molecule has 0 fully saturated rings. The fourth-order valence-corrected chi connectivity index (χ4v) is 1.94. The van der Waals surface area contributed by atoms with Gasteiger partial charge in [-0.1, -0.05) is 36.5 Å². The lowest BCUT2D eigenvalue weighted by atomic mass is 10.0. The predicted molar refractivity (Wildman–Crippen MR) is 79.5 cm³/mol. The highest BCUT2D eigenvalue weighted by Gasteiger charge is 2.13. The number of hydrogen-bond donors (Lipinski definition) is 3. The Labute approximate surface area is 127 Å². The maximum absolute atomic E-state index is 11.7. The van der Waals surface area contributed by atoms with Crippen molar-refractivity contribution in [2.24, 2.45) is 5.92 Å². The Morgan fingerprint density at radius 2 is 2.05 bits per heavy atom. The smallest absolute Gasteiger partial charge is 0.319 e. The number of hydrogen-bond acceptors (Lipinski definition) is 2. The number of carboxylic acid groups (broad SMARTS) is 1. The van der Waals surface area contributed by atoms with Gasteiger partial charge in [0, 0.05) is 18.0 Å². The zero-order chi connectivity index (χ0) is 15.1. The number of urea groups is 1. The number of carbonyl (C=O) groups is 2. The average molecular weight is 319 g/mol. The molecule has 0 saturated heterocycles. The summed E-state index contributed by atoms with van der Waals surface area (Å²) in [6.45, 7) is 2.16. The lowest BCUT2D eigenvalue weighted by Gasteiger charge is -2.14. The number of rotatable bonds is 6. The van der Waals surface area contributed by atoms with Crippen molar-refractivity contribution in [3.63, 3.8) is 0 Å². The minimum atomic E-state index is -0.878. The van der Waals surface area contributed by atoms with Gasteiger partial charge < -0.3 is 15.7 Å². The van der Waals surface area contributed by atoms with Crippen molar-refractivity contribution in [2.45, 2.75) is 19.8 Å². The molecular weight excluding hydrogens is 303 g/mol. The van der Waals surface area contributed by atoms with E-state index in [1.54, 1.807) is 12.1 Å². The van der Waals surface area contributed by atoms with Crippen LogP contribution >= 0.6 is 23.2 Å². The van der Waals surface area contributed by atoms with Crippen LogP contribution in [0, 0.1) is 5.92 Å². The van der Waals surface area contributed by atoms with E-state index in [1.807, 2.05) is 6.92 Å². The van der Waals surface area contributed by atoms with E-state index in [-0.39, 0.29) is 18.9 Å². The normalized spacial score (nSPS) is 11.8. The Morgan fingerprint density at radius 3 is 2.65 bits per heavy atom. The standard InChI is InChI=1S/C13H16Cl2N2O3/c1-2-8(5-12(18)19)7-16-13(20)17-11-6-9(14)3-4-10(11)15/h3-4,6,8H,2,5,7H2,1H3,(H,18,19)(H2,16,17,20). The van der Waals surface area contributed by atoms with Crippen LogP contribution in [0.25, 0.3) is 0 Å². The molecule has 0 aliphatic heterocycles. The van der Waals surface area contributed by atoms with E-state index >= 15 is 0 Å². The third-order valence-electron chi connectivity index (χ3n) is 2.77. The summed E-state index contributed by atoms with van der Waals surface area (Å²) in [6, 6.07) is 4.29. The summed E-state index contributed by atoms with van der Waals surface area (Å²) in [7, 11) is 0. The van der Waals surface area contributed by atoms with Crippen LogP contribution in [-0.4, -0.2) is 23.7 Å². The molecule has 0 radical (unpaired) electrons. The van der Waals surface area contributed by atoms with Crippen LogP contribution in [-0.2, 0) is 4.79 Å². The Balaban J connectivity index is 2.51. The number of anilines is 1. The maximum Gasteiger partial charge on any atom is 0.319 e. The molecule has 110 valence electrons. The summed E-state index contributed by atoms with van der Waals surface area (Å²) < 4.78 is 0. The number of aliphatic carboxylic acids is 1. The van der Waals surface area contributed by atoms with Gasteiger partial charge in [-0.2, -0.15) is 0 Å². The molecule has 1 atom stereocenters. The summed E-state index contributed by atoms with van der Waals surface area (Å²) in [5, 5.41) is 14.7. The monoisotopic (exact) mass is 318 g/mol. The number of carbonyl (C=O) groups excluding carboxylic acids is 1. The molecule has 1 unspecified atom stereocenters. The SMILES string of the molecule is CCC(CNC(=O)Nc1cc(Cl)ccc1Cl)CC(=O)O. The van der Waals surface area contributed by atoms with Gasteiger partial charge in [-0.15, -0.1) is 0 Å². The van der Waals surface area contributed by atoms with Crippen LogP contribution < -0.4 is 10.6 Å². The van der Waals surface area contributed by atoms with Gasteiger partial charge in [0.15, 0.2) is 0 Å². The van der Waals surface area contributed by atoms with E-state index in [0.29, 0.717) is 22.2 Å². The molecule has 3 N–H and O–H groups in total. The first kappa shape index (κ1) is 16.6. The van der Waals surface area contributed by atoms with E-state index in [0.717, 1.165) is 0 Å². The fraction of sp³-hybridized carbons (Fsp3) is 0.385. The van der Waals surface area contributed by atoms with Crippen LogP contribution in [0.5, 0.6) is 0 Å². The molecule has 1 rings (SSSR count). The molecule has 0 heterocycles. The molecule has 5 nitrogen and oxygen atoms in total. The van der Waals surface area contributed by atoms with Gasteiger partial charge in [-0.25, -0.2) is 4.79 Å². The molecule has 0 aliphatic carbocycles. The molecule has 0 spiro atoms. The maximum atomic E-state index is 11.7. The molecule has 1 aromatic rings. The predicted octanol–water partition coefficient (Wildman–Crippen LogP) is 3.62. The van der Waals surface area contributed by atoms with Crippen LogP contribution in [0.15, 0.2) is 18.2 Å². The summed E-state index contributed by atoms with van der Waals surface area (Å²) in [5.41, 5.74) is 0.406. The average Bonchev–Trinajstić information content (AvgIpc) is 2.38. The van der Waals surface area contributed by atoms with Gasteiger partial charge in [0.2, 0.25) is 0 Å². The topological polar surface area (TPSA) is 78.4 Å². The molecule has 1 aromatic carbocycles. The Morgan fingerprint density at radius 1 is 1.35 bits per heavy atom. The van der Waals surface area contributed by atoms with Gasteiger partial charge in [-0.05, 0) is 24.1 Å². The molecule has 20 heavy (non-hydrogen) atoms. The van der Waals surface area contributed by atoms with E-state index in [9.17, 15) is 9.59 Å². The van der Waals surface area contributed by atoms with E-state index in [4.69, 9.17) is 28.3 Å². The molecule has 0 bridgehead atoms. The van der Waals surface area contributed by atoms with Crippen molar-refractivity contribution in [1.82, 2.24) is 5.32 Å². The molecule has 0 aromatic heterocycles. The van der Waals surface area contributed by atoms with Crippen LogP contribution in [0.2, 0.25) is 10.0 Å². The molecule has 2 amide bonds. The minimum Gasteiger partial charge on any atom is -0.481 e. The number of nitrogens with one attached hydrogen (secondary N) is 2. The number of carboxylic acids is 1. The Hall–Kier alpha value is -1.46. The van der Waals surface area contributed by atoms with Gasteiger partial charge in [-0.3, -0.25) is 4.79 Å². The first-order chi connectivity index (χ1) is 9.42. The van der Waals surface area contributed by atoms with E-state index < -0.39 is 12.0 Å². The Bertz CT molecular complexity index is 495. The third kappa shape index (κ3) is 5.67. The summed E-state index contributed by atoms with van der Waals surface area (Å²) in [6.07, 6.45) is 0.694. The summed E-state index contributed by atoms with van der Waals surface area (Å²) >= 11 is 11.7. The second-order valence-corrected chi connectivity index (χ2v) is 5.17. The lowest BCUT2D eigenvalue weighted by Crippen LogP contribution is -2.33. The van der Waals surface area contributed by atoms with Crippen molar-refractivity contribution in [3.05, 3.63) is 28.2 Å². The minimum absolute atomic E-state index is 0.0225. The molecular formula is C13H16Cl2N2O3. The van der Waals surface area contributed by atoms with Crippen molar-refractivity contribution in [2.75, 3.05) is 11.9 Å². The number of halogens is 2. The first-order valence-electron chi connectivity index (χ1n) is 6.14. The van der Waals surface area contributed by atoms with Gasteiger partial charge in [0.25, 0.3) is 0 Å². The zero-order valence-corrected chi connectivity index (χ0v) is 12.5. The van der Waals surface area contributed by atoms with Gasteiger partial charge >= 0.3 is 12.0 Å². The largest absolute Gasteiger partial charge is 0.481 e. The highest BCUT2D eigenvalue weighted by molar-refractivity contribution is 6.35. The van der Waals surface area contributed by atoms with Gasteiger partial charge in [0.05, 0.1) is 10.7 Å². The molecule has 7 heteroatoms. The second kappa shape index (κ2) is 7.97. The van der Waals surface area contributed by atoms with Crippen LogP contribution in [0.4, 0.5) is 10.5 Å². The van der Waals surface area contributed by atoms with Crippen molar-refractivity contribution < 1.29 is 14.7 Å². The number of benzene rings is 1. The fourth-order valence-electron chi connectivity index (χ4n) is 1.60. The molecule has 0 saturated carbocycles. The van der Waals surface area contributed by atoms with Crippen molar-refractivity contribution >= 4 is 40.9 Å². The molecule has 0 aliphatic rings.